The largest absolute Gasteiger partial charge is 0.307 e. The van der Waals surface area contributed by atoms with Crippen molar-refractivity contribution < 1.29 is 4.39 Å². The number of alkyl halides is 1. The first-order chi connectivity index (χ1) is 7.69. The number of rotatable bonds is 2. The van der Waals surface area contributed by atoms with Crippen LogP contribution in [0.1, 0.15) is 5.69 Å². The summed E-state index contributed by atoms with van der Waals surface area (Å²) in [7, 11) is 0. The normalized spacial score (nSPS) is 10.4. The second-order valence-electron chi connectivity index (χ2n) is 3.23. The predicted molar refractivity (Wildman–Crippen MR) is 59.8 cm³/mol. The van der Waals surface area contributed by atoms with Crippen LogP contribution in [0.2, 0.25) is 0 Å². The first kappa shape index (κ1) is 10.8. The van der Waals surface area contributed by atoms with Crippen LogP contribution < -0.4 is 5.56 Å². The molecule has 3 nitrogen and oxygen atoms in total. The molecule has 82 valence electrons. The van der Waals surface area contributed by atoms with Crippen LogP contribution in [0.25, 0.3) is 11.4 Å². The summed E-state index contributed by atoms with van der Waals surface area (Å²) in [5, 5.41) is 0. The Morgan fingerprint density at radius 3 is 2.88 bits per heavy atom. The molecule has 2 aromatic rings. The van der Waals surface area contributed by atoms with E-state index in [0.29, 0.717) is 17.1 Å². The van der Waals surface area contributed by atoms with E-state index in [1.165, 1.54) is 18.2 Å². The maximum atomic E-state index is 13.0. The van der Waals surface area contributed by atoms with E-state index in [0.717, 1.165) is 0 Å². The molecule has 0 saturated heterocycles. The maximum Gasteiger partial charge on any atom is 0.251 e. The fourth-order valence-corrected chi connectivity index (χ4v) is 1.49. The summed E-state index contributed by atoms with van der Waals surface area (Å²) < 4.78 is 13.0. The van der Waals surface area contributed by atoms with Crippen LogP contribution in [0, 0.1) is 5.82 Å². The average molecular weight is 239 g/mol. The Balaban J connectivity index is 2.55. The lowest BCUT2D eigenvalue weighted by Crippen LogP contribution is -2.09. The first-order valence-electron chi connectivity index (χ1n) is 4.61. The number of aromatic amines is 1. The van der Waals surface area contributed by atoms with Gasteiger partial charge in [-0.15, -0.1) is 11.6 Å². The summed E-state index contributed by atoms with van der Waals surface area (Å²) in [6.07, 6.45) is 0. The molecule has 5 heteroatoms. The highest BCUT2D eigenvalue weighted by atomic mass is 35.5. The number of nitrogens with one attached hydrogen (secondary N) is 1. The van der Waals surface area contributed by atoms with E-state index < -0.39 is 0 Å². The number of hydrogen-bond donors (Lipinski definition) is 1. The first-order valence-corrected chi connectivity index (χ1v) is 5.14. The number of aromatic nitrogens is 2. The fourth-order valence-electron chi connectivity index (χ4n) is 1.35. The van der Waals surface area contributed by atoms with Gasteiger partial charge in [-0.2, -0.15) is 0 Å². The van der Waals surface area contributed by atoms with E-state index in [4.69, 9.17) is 11.6 Å². The van der Waals surface area contributed by atoms with Gasteiger partial charge in [-0.25, -0.2) is 9.37 Å². The molecule has 0 saturated carbocycles. The molecule has 0 radical (unpaired) electrons. The molecule has 0 aliphatic carbocycles. The fraction of sp³-hybridized carbons (Fsp3) is 0.0909. The Morgan fingerprint density at radius 2 is 2.19 bits per heavy atom. The SMILES string of the molecule is O=c1cc(CCl)nc(-c2cccc(F)c2)[nH]1. The maximum absolute atomic E-state index is 13.0. The number of halogens is 2. The van der Waals surface area contributed by atoms with Gasteiger partial charge in [-0.05, 0) is 12.1 Å². The number of nitrogens with zero attached hydrogens (tertiary/aromatic N) is 1. The third kappa shape index (κ3) is 2.28. The van der Waals surface area contributed by atoms with Crippen LogP contribution in [0.3, 0.4) is 0 Å². The van der Waals surface area contributed by atoms with Crippen LogP contribution in [-0.2, 0) is 5.88 Å². The zero-order valence-corrected chi connectivity index (χ0v) is 8.96. The lowest BCUT2D eigenvalue weighted by molar-refractivity contribution is 0.628. The Bertz CT molecular complexity index is 568. The van der Waals surface area contributed by atoms with Gasteiger partial charge in [-0.1, -0.05) is 12.1 Å². The van der Waals surface area contributed by atoms with Crippen LogP contribution in [-0.4, -0.2) is 9.97 Å². The van der Waals surface area contributed by atoms with Crippen molar-refractivity contribution in [2.45, 2.75) is 5.88 Å². The molecule has 0 spiro atoms. The lowest BCUT2D eigenvalue weighted by atomic mass is 10.2. The molecule has 0 bridgehead atoms. The van der Waals surface area contributed by atoms with E-state index in [9.17, 15) is 9.18 Å². The van der Waals surface area contributed by atoms with Crippen LogP contribution in [0.15, 0.2) is 35.1 Å². The smallest absolute Gasteiger partial charge is 0.251 e. The molecule has 0 aliphatic heterocycles. The van der Waals surface area contributed by atoms with Crippen molar-refractivity contribution in [3.8, 4) is 11.4 Å². The van der Waals surface area contributed by atoms with E-state index in [2.05, 4.69) is 9.97 Å². The van der Waals surface area contributed by atoms with Crippen LogP contribution >= 0.6 is 11.6 Å². The van der Waals surface area contributed by atoms with Gasteiger partial charge in [0.25, 0.3) is 5.56 Å². The van der Waals surface area contributed by atoms with Crippen molar-refractivity contribution in [2.75, 3.05) is 0 Å². The minimum Gasteiger partial charge on any atom is -0.307 e. The quantitative estimate of drug-likeness (QED) is 0.816. The molecular weight excluding hydrogens is 231 g/mol. The molecular formula is C11H8ClFN2O. The van der Waals surface area contributed by atoms with Crippen molar-refractivity contribution in [3.63, 3.8) is 0 Å². The van der Waals surface area contributed by atoms with Crippen LogP contribution in [0.5, 0.6) is 0 Å². The van der Waals surface area contributed by atoms with Crippen LogP contribution in [0.4, 0.5) is 4.39 Å². The predicted octanol–water partition coefficient (Wildman–Crippen LogP) is 2.31. The Labute approximate surface area is 95.9 Å². The molecule has 2 rings (SSSR count). The number of hydrogen-bond acceptors (Lipinski definition) is 2. The highest BCUT2D eigenvalue weighted by molar-refractivity contribution is 6.16. The van der Waals surface area contributed by atoms with Gasteiger partial charge in [0.05, 0.1) is 11.6 Å². The van der Waals surface area contributed by atoms with Gasteiger partial charge in [-0.3, -0.25) is 4.79 Å². The van der Waals surface area contributed by atoms with E-state index in [1.807, 2.05) is 0 Å². The Kier molecular flexibility index (Phi) is 3.01. The molecule has 1 heterocycles. The van der Waals surface area contributed by atoms with Gasteiger partial charge in [0.2, 0.25) is 0 Å². The lowest BCUT2D eigenvalue weighted by Gasteiger charge is -2.02. The molecule has 0 fully saturated rings. The second kappa shape index (κ2) is 4.45. The Hall–Kier alpha value is -1.68. The van der Waals surface area contributed by atoms with E-state index in [-0.39, 0.29) is 17.3 Å². The molecule has 0 unspecified atom stereocenters. The summed E-state index contributed by atoms with van der Waals surface area (Å²) in [6, 6.07) is 7.16. The summed E-state index contributed by atoms with van der Waals surface area (Å²) in [5.74, 6) is 0.0887. The minimum absolute atomic E-state index is 0.145. The molecule has 1 aromatic carbocycles. The summed E-state index contributed by atoms with van der Waals surface area (Å²) in [5.41, 5.74) is 0.679. The molecule has 0 aliphatic rings. The summed E-state index contributed by atoms with van der Waals surface area (Å²) in [6.45, 7) is 0. The monoisotopic (exact) mass is 238 g/mol. The molecule has 0 atom stereocenters. The summed E-state index contributed by atoms with van der Waals surface area (Å²) >= 11 is 5.60. The third-order valence-corrected chi connectivity index (χ3v) is 2.30. The van der Waals surface area contributed by atoms with E-state index in [1.54, 1.807) is 12.1 Å². The van der Waals surface area contributed by atoms with Crippen molar-refractivity contribution in [3.05, 3.63) is 52.2 Å². The van der Waals surface area contributed by atoms with Gasteiger partial charge in [0.15, 0.2) is 0 Å². The van der Waals surface area contributed by atoms with Gasteiger partial charge in [0, 0.05) is 11.6 Å². The van der Waals surface area contributed by atoms with Crippen molar-refractivity contribution in [1.82, 2.24) is 9.97 Å². The van der Waals surface area contributed by atoms with E-state index >= 15 is 0 Å². The van der Waals surface area contributed by atoms with Crippen molar-refractivity contribution in [2.24, 2.45) is 0 Å². The zero-order valence-electron chi connectivity index (χ0n) is 8.21. The number of H-pyrrole nitrogens is 1. The molecule has 1 N–H and O–H groups in total. The molecule has 0 amide bonds. The standard InChI is InChI=1S/C11H8ClFN2O/c12-6-9-5-10(16)15-11(14-9)7-2-1-3-8(13)4-7/h1-5H,6H2,(H,14,15,16). The average Bonchev–Trinajstić information content (AvgIpc) is 2.28. The topological polar surface area (TPSA) is 45.8 Å². The highest BCUT2D eigenvalue weighted by Crippen LogP contribution is 2.15. The van der Waals surface area contributed by atoms with Crippen molar-refractivity contribution >= 4 is 11.6 Å². The molecule has 16 heavy (non-hydrogen) atoms. The third-order valence-electron chi connectivity index (χ3n) is 2.03. The van der Waals surface area contributed by atoms with Gasteiger partial charge < -0.3 is 4.98 Å². The van der Waals surface area contributed by atoms with Gasteiger partial charge >= 0.3 is 0 Å². The summed E-state index contributed by atoms with van der Waals surface area (Å²) in [4.78, 5) is 17.9. The zero-order chi connectivity index (χ0) is 11.5. The number of benzene rings is 1. The Morgan fingerprint density at radius 1 is 1.38 bits per heavy atom. The minimum atomic E-state index is -0.378. The highest BCUT2D eigenvalue weighted by Gasteiger charge is 2.04. The van der Waals surface area contributed by atoms with Crippen molar-refractivity contribution in [1.29, 1.82) is 0 Å². The molecule has 1 aromatic heterocycles. The van der Waals surface area contributed by atoms with Gasteiger partial charge in [0.1, 0.15) is 11.6 Å². The second-order valence-corrected chi connectivity index (χ2v) is 3.50.